The molecule has 1 amide bonds. The molecule has 1 aliphatic carbocycles. The van der Waals surface area contributed by atoms with Gasteiger partial charge in [0.15, 0.2) is 0 Å². The minimum absolute atomic E-state index is 0.0919. The summed E-state index contributed by atoms with van der Waals surface area (Å²) in [6.07, 6.45) is 5.96. The van der Waals surface area contributed by atoms with Crippen molar-refractivity contribution in [3.63, 3.8) is 0 Å². The van der Waals surface area contributed by atoms with E-state index in [9.17, 15) is 4.79 Å². The molecule has 0 atom stereocenters. The smallest absolute Gasteiger partial charge is 0.277 e. The maximum Gasteiger partial charge on any atom is 0.277 e. The zero-order valence-corrected chi connectivity index (χ0v) is 16.5. The number of carbonyl (C=O) groups excluding carboxylic acids is 1. The molecule has 28 heavy (non-hydrogen) atoms. The molecule has 2 aromatic carbocycles. The fourth-order valence-corrected chi connectivity index (χ4v) is 4.14. The zero-order chi connectivity index (χ0) is 19.2. The van der Waals surface area contributed by atoms with Crippen molar-refractivity contribution in [3.8, 4) is 11.1 Å². The van der Waals surface area contributed by atoms with Gasteiger partial charge in [0.05, 0.1) is 5.75 Å². The van der Waals surface area contributed by atoms with E-state index in [2.05, 4.69) is 15.5 Å². The quantitative estimate of drug-likeness (QED) is 0.559. The lowest BCUT2D eigenvalue weighted by Crippen LogP contribution is -2.14. The fraction of sp³-hybridized carbons (Fsp3) is 0.318. The van der Waals surface area contributed by atoms with Gasteiger partial charge in [0.25, 0.3) is 5.22 Å². The first-order valence-electron chi connectivity index (χ1n) is 9.70. The van der Waals surface area contributed by atoms with Crippen LogP contribution in [0.3, 0.4) is 0 Å². The molecule has 0 radical (unpaired) electrons. The van der Waals surface area contributed by atoms with Crippen molar-refractivity contribution in [1.29, 1.82) is 0 Å². The summed E-state index contributed by atoms with van der Waals surface area (Å²) in [6.45, 7) is 0. The van der Waals surface area contributed by atoms with Gasteiger partial charge < -0.3 is 9.73 Å². The second-order valence-corrected chi connectivity index (χ2v) is 7.92. The number of anilines is 1. The number of benzene rings is 2. The molecule has 1 fully saturated rings. The normalized spacial score (nSPS) is 14.7. The van der Waals surface area contributed by atoms with Crippen LogP contribution in [0.15, 0.2) is 64.2 Å². The summed E-state index contributed by atoms with van der Waals surface area (Å²) in [6, 6.07) is 17.8. The van der Waals surface area contributed by atoms with Crippen LogP contribution in [0.25, 0.3) is 11.1 Å². The number of hydrogen-bond acceptors (Lipinski definition) is 5. The fourth-order valence-electron chi connectivity index (χ4n) is 3.57. The van der Waals surface area contributed by atoms with Crippen LogP contribution in [0.5, 0.6) is 0 Å². The minimum atomic E-state index is -0.0919. The van der Waals surface area contributed by atoms with Gasteiger partial charge in [-0.3, -0.25) is 4.79 Å². The highest BCUT2D eigenvalue weighted by Crippen LogP contribution is 2.33. The van der Waals surface area contributed by atoms with E-state index in [1.807, 2.05) is 54.6 Å². The SMILES string of the molecule is O=C(CSc1nnc(C2CCCCC2)o1)Nc1ccccc1-c1ccccc1. The highest BCUT2D eigenvalue weighted by molar-refractivity contribution is 7.99. The number of aromatic nitrogens is 2. The summed E-state index contributed by atoms with van der Waals surface area (Å²) in [5.74, 6) is 1.24. The van der Waals surface area contributed by atoms with Crippen molar-refractivity contribution >= 4 is 23.4 Å². The lowest BCUT2D eigenvalue weighted by atomic mass is 9.89. The summed E-state index contributed by atoms with van der Waals surface area (Å²) < 4.78 is 5.78. The van der Waals surface area contributed by atoms with E-state index in [0.717, 1.165) is 35.5 Å². The van der Waals surface area contributed by atoms with Crippen LogP contribution in [0, 0.1) is 0 Å². The molecule has 3 aromatic rings. The van der Waals surface area contributed by atoms with E-state index >= 15 is 0 Å². The summed E-state index contributed by atoms with van der Waals surface area (Å²) in [5, 5.41) is 11.8. The lowest BCUT2D eigenvalue weighted by Gasteiger charge is -2.17. The number of nitrogens with zero attached hydrogens (tertiary/aromatic N) is 2. The number of carbonyl (C=O) groups is 1. The summed E-state index contributed by atoms with van der Waals surface area (Å²) in [4.78, 5) is 12.5. The van der Waals surface area contributed by atoms with Crippen molar-refractivity contribution in [1.82, 2.24) is 10.2 Å². The van der Waals surface area contributed by atoms with Gasteiger partial charge >= 0.3 is 0 Å². The van der Waals surface area contributed by atoms with E-state index in [1.165, 1.54) is 31.0 Å². The Bertz CT molecular complexity index is 920. The van der Waals surface area contributed by atoms with E-state index < -0.39 is 0 Å². The molecule has 0 spiro atoms. The van der Waals surface area contributed by atoms with Crippen molar-refractivity contribution in [2.45, 2.75) is 43.2 Å². The molecule has 1 saturated carbocycles. The van der Waals surface area contributed by atoms with Crippen molar-refractivity contribution in [3.05, 3.63) is 60.5 Å². The Morgan fingerprint density at radius 2 is 1.75 bits per heavy atom. The number of hydrogen-bond donors (Lipinski definition) is 1. The number of para-hydroxylation sites is 1. The molecule has 6 heteroatoms. The van der Waals surface area contributed by atoms with Gasteiger partial charge in [-0.15, -0.1) is 10.2 Å². The van der Waals surface area contributed by atoms with Crippen LogP contribution in [0.1, 0.15) is 43.9 Å². The molecule has 5 nitrogen and oxygen atoms in total. The molecule has 4 rings (SSSR count). The van der Waals surface area contributed by atoms with Crippen molar-refractivity contribution in [2.24, 2.45) is 0 Å². The molecule has 1 aromatic heterocycles. The van der Waals surface area contributed by atoms with Crippen molar-refractivity contribution < 1.29 is 9.21 Å². The monoisotopic (exact) mass is 393 g/mol. The third kappa shape index (κ3) is 4.62. The number of amides is 1. The topological polar surface area (TPSA) is 68.0 Å². The maximum atomic E-state index is 12.5. The standard InChI is InChI=1S/C22H23N3O2S/c26-20(15-28-22-25-24-21(27-22)17-11-5-2-6-12-17)23-19-14-8-7-13-18(19)16-9-3-1-4-10-16/h1,3-4,7-10,13-14,17H,2,5-6,11-12,15H2,(H,23,26). The van der Waals surface area contributed by atoms with E-state index in [0.29, 0.717) is 11.1 Å². The summed E-state index contributed by atoms with van der Waals surface area (Å²) in [7, 11) is 0. The van der Waals surface area contributed by atoms with Gasteiger partial charge in [-0.2, -0.15) is 0 Å². The molecule has 0 bridgehead atoms. The molecule has 0 saturated heterocycles. The van der Waals surface area contributed by atoms with Crippen LogP contribution in [-0.2, 0) is 4.79 Å². The predicted molar refractivity (Wildman–Crippen MR) is 111 cm³/mol. The molecule has 1 N–H and O–H groups in total. The Kier molecular flexibility index (Phi) is 6.07. The van der Waals surface area contributed by atoms with E-state index in [-0.39, 0.29) is 11.7 Å². The Hall–Kier alpha value is -2.60. The van der Waals surface area contributed by atoms with Crippen LogP contribution in [0.4, 0.5) is 5.69 Å². The average Bonchev–Trinajstić information content (AvgIpc) is 3.23. The van der Waals surface area contributed by atoms with Crippen LogP contribution >= 0.6 is 11.8 Å². The van der Waals surface area contributed by atoms with Gasteiger partial charge in [0.1, 0.15) is 0 Å². The number of rotatable bonds is 6. The molecule has 1 heterocycles. The Balaban J connectivity index is 1.36. The van der Waals surface area contributed by atoms with Gasteiger partial charge in [0.2, 0.25) is 11.8 Å². The van der Waals surface area contributed by atoms with Crippen molar-refractivity contribution in [2.75, 3.05) is 11.1 Å². The van der Waals surface area contributed by atoms with Crippen LogP contribution in [-0.4, -0.2) is 21.9 Å². The Morgan fingerprint density at radius 1 is 1.00 bits per heavy atom. The van der Waals surface area contributed by atoms with Gasteiger partial charge in [-0.05, 0) is 24.5 Å². The largest absolute Gasteiger partial charge is 0.416 e. The first-order valence-corrected chi connectivity index (χ1v) is 10.7. The summed E-state index contributed by atoms with van der Waals surface area (Å²) >= 11 is 1.28. The van der Waals surface area contributed by atoms with E-state index in [1.54, 1.807) is 0 Å². The lowest BCUT2D eigenvalue weighted by molar-refractivity contribution is -0.113. The molecule has 0 aliphatic heterocycles. The van der Waals surface area contributed by atoms with Crippen LogP contribution in [0.2, 0.25) is 0 Å². The minimum Gasteiger partial charge on any atom is -0.416 e. The maximum absolute atomic E-state index is 12.5. The average molecular weight is 394 g/mol. The Morgan fingerprint density at radius 3 is 2.57 bits per heavy atom. The number of thioether (sulfide) groups is 1. The summed E-state index contributed by atoms with van der Waals surface area (Å²) in [5.41, 5.74) is 2.87. The molecule has 0 unspecified atom stereocenters. The third-order valence-electron chi connectivity index (χ3n) is 4.99. The first-order chi connectivity index (χ1) is 13.8. The highest BCUT2D eigenvalue weighted by Gasteiger charge is 2.21. The molecule has 1 aliphatic rings. The molecular weight excluding hydrogens is 370 g/mol. The van der Waals surface area contributed by atoms with Gasteiger partial charge in [-0.25, -0.2) is 0 Å². The molecular formula is C22H23N3O2S. The highest BCUT2D eigenvalue weighted by atomic mass is 32.2. The van der Waals surface area contributed by atoms with Crippen LogP contribution < -0.4 is 5.32 Å². The van der Waals surface area contributed by atoms with E-state index in [4.69, 9.17) is 4.42 Å². The third-order valence-corrected chi connectivity index (χ3v) is 5.81. The predicted octanol–water partition coefficient (Wildman–Crippen LogP) is 5.52. The zero-order valence-electron chi connectivity index (χ0n) is 15.6. The second-order valence-electron chi connectivity index (χ2n) is 6.99. The number of nitrogens with one attached hydrogen (secondary N) is 1. The van der Waals surface area contributed by atoms with Gasteiger partial charge in [0, 0.05) is 17.2 Å². The molecule has 144 valence electrons. The Labute approximate surface area is 168 Å². The first kappa shape index (κ1) is 18.7. The second kappa shape index (κ2) is 9.06. The van der Waals surface area contributed by atoms with Gasteiger partial charge in [-0.1, -0.05) is 79.6 Å².